The molecule has 0 heterocycles. The largest absolute Gasteiger partial charge is 0.512 e. The van der Waals surface area contributed by atoms with Gasteiger partial charge in [0.25, 0.3) is 0 Å². The van der Waals surface area contributed by atoms with Crippen molar-refractivity contribution >= 4 is 17.1 Å². The molecule has 0 amide bonds. The van der Waals surface area contributed by atoms with Crippen molar-refractivity contribution in [1.29, 1.82) is 0 Å². The molecular formula is C28H34N2O2. The first kappa shape index (κ1) is 22.3. The fraction of sp³-hybridized carbons (Fsp3) is 0.429. The Morgan fingerprint density at radius 3 is 2.12 bits per heavy atom. The molecule has 0 saturated carbocycles. The van der Waals surface area contributed by atoms with Crippen molar-refractivity contribution in [2.24, 2.45) is 10.9 Å². The molecule has 2 aliphatic carbocycles. The van der Waals surface area contributed by atoms with Gasteiger partial charge in [0.15, 0.2) is 5.78 Å². The molecule has 0 aromatic heterocycles. The van der Waals surface area contributed by atoms with Gasteiger partial charge in [0.1, 0.15) is 5.76 Å². The molecule has 2 aromatic rings. The lowest BCUT2D eigenvalue weighted by Gasteiger charge is -2.42. The minimum absolute atomic E-state index is 0.00425. The van der Waals surface area contributed by atoms with Crippen LogP contribution < -0.4 is 5.84 Å². The maximum atomic E-state index is 12.3. The number of rotatable bonds is 3. The molecule has 0 saturated heterocycles. The molecule has 4 rings (SSSR count). The highest BCUT2D eigenvalue weighted by Gasteiger charge is 2.37. The summed E-state index contributed by atoms with van der Waals surface area (Å²) in [6.07, 6.45) is 4.06. The number of fused-ring (bicyclic) bond motifs is 1. The van der Waals surface area contributed by atoms with Gasteiger partial charge in [-0.25, -0.2) is 0 Å². The normalized spacial score (nSPS) is 20.3. The van der Waals surface area contributed by atoms with Crippen molar-refractivity contribution in [2.45, 2.75) is 77.6 Å². The molecule has 0 atom stereocenters. The Morgan fingerprint density at radius 1 is 0.969 bits per heavy atom. The quantitative estimate of drug-likeness (QED) is 0.352. The first-order valence-corrected chi connectivity index (χ1v) is 11.5. The monoisotopic (exact) mass is 430 g/mol. The number of hydrogen-bond acceptors (Lipinski definition) is 4. The van der Waals surface area contributed by atoms with Crippen LogP contribution in [0.1, 0.15) is 93.2 Å². The molecule has 0 bridgehead atoms. The molecule has 3 N–H and O–H groups in total. The highest BCUT2D eigenvalue weighted by Crippen LogP contribution is 2.46. The predicted octanol–water partition coefficient (Wildman–Crippen LogP) is 6.08. The number of nitrogens with zero attached hydrogens (tertiary/aromatic N) is 1. The maximum absolute atomic E-state index is 12.3. The molecule has 0 aliphatic heterocycles. The zero-order valence-corrected chi connectivity index (χ0v) is 19.9. The van der Waals surface area contributed by atoms with Gasteiger partial charge in [-0.15, -0.1) is 0 Å². The van der Waals surface area contributed by atoms with Crippen LogP contribution in [0.5, 0.6) is 0 Å². The molecule has 2 aliphatic rings. The van der Waals surface area contributed by atoms with Gasteiger partial charge in [-0.2, -0.15) is 5.10 Å². The Bertz CT molecular complexity index is 1130. The number of carbonyl (C=O) groups is 1. The Morgan fingerprint density at radius 2 is 1.56 bits per heavy atom. The zero-order valence-electron chi connectivity index (χ0n) is 19.9. The summed E-state index contributed by atoms with van der Waals surface area (Å²) in [7, 11) is 0. The summed E-state index contributed by atoms with van der Waals surface area (Å²) in [5, 5.41) is 14.4. The van der Waals surface area contributed by atoms with Crippen molar-refractivity contribution in [2.75, 3.05) is 0 Å². The van der Waals surface area contributed by atoms with Crippen LogP contribution in [-0.2, 0) is 15.6 Å². The maximum Gasteiger partial charge on any atom is 0.166 e. The van der Waals surface area contributed by atoms with E-state index in [9.17, 15) is 9.90 Å². The highest BCUT2D eigenvalue weighted by atomic mass is 16.3. The summed E-state index contributed by atoms with van der Waals surface area (Å²) in [4.78, 5) is 12.3. The van der Waals surface area contributed by atoms with Gasteiger partial charge in [-0.05, 0) is 65.3 Å². The number of nitrogens with two attached hydrogens (primary N) is 1. The van der Waals surface area contributed by atoms with E-state index in [1.54, 1.807) is 0 Å². The molecule has 0 spiro atoms. The van der Waals surface area contributed by atoms with Crippen molar-refractivity contribution in [1.82, 2.24) is 0 Å². The Hall–Kier alpha value is -2.88. The third-order valence-corrected chi connectivity index (χ3v) is 7.41. The minimum Gasteiger partial charge on any atom is -0.512 e. The van der Waals surface area contributed by atoms with E-state index in [1.807, 2.05) is 24.3 Å². The summed E-state index contributed by atoms with van der Waals surface area (Å²) in [6.45, 7) is 11.4. The van der Waals surface area contributed by atoms with E-state index < -0.39 is 0 Å². The van der Waals surface area contributed by atoms with Crippen LogP contribution in [0.25, 0.3) is 5.57 Å². The first-order valence-electron chi connectivity index (χ1n) is 11.5. The van der Waals surface area contributed by atoms with Crippen LogP contribution in [0.15, 0.2) is 47.3 Å². The molecule has 2 aromatic carbocycles. The van der Waals surface area contributed by atoms with Gasteiger partial charge in [0.05, 0.1) is 11.3 Å². The number of hydrogen-bond donors (Lipinski definition) is 2. The predicted molar refractivity (Wildman–Crippen MR) is 131 cm³/mol. The standard InChI is InChI=1S/C28H34N2O2/c1-17-15-21-22(28(4,5)14-13-27(21,2)3)16-20(17)26(30-29)19-11-9-18(10-12-19)25-23(31)7-6-8-24(25)32/h9-12,15-16,31H,6-8,13-14,29H2,1-5H3/b30-26+. The molecule has 0 radical (unpaired) electrons. The second kappa shape index (κ2) is 7.91. The Kier molecular flexibility index (Phi) is 5.52. The number of allylic oxidation sites excluding steroid dienone is 2. The summed E-state index contributed by atoms with van der Waals surface area (Å²) in [5.74, 6) is 6.11. The summed E-state index contributed by atoms with van der Waals surface area (Å²) < 4.78 is 0. The van der Waals surface area contributed by atoms with Crippen LogP contribution in [0.4, 0.5) is 0 Å². The van der Waals surface area contributed by atoms with Crippen LogP contribution >= 0.6 is 0 Å². The molecule has 4 heteroatoms. The van der Waals surface area contributed by atoms with E-state index >= 15 is 0 Å². The SMILES string of the molecule is Cc1cc2c(cc1/C(=N/N)c1ccc(C3=C(O)CCCC3=O)cc1)C(C)(C)CCC2(C)C. The summed E-state index contributed by atoms with van der Waals surface area (Å²) >= 11 is 0. The van der Waals surface area contributed by atoms with Crippen molar-refractivity contribution in [3.63, 3.8) is 0 Å². The highest BCUT2D eigenvalue weighted by molar-refractivity contribution is 6.22. The van der Waals surface area contributed by atoms with E-state index in [0.29, 0.717) is 24.8 Å². The number of ketones is 1. The van der Waals surface area contributed by atoms with Crippen molar-refractivity contribution < 1.29 is 9.90 Å². The van der Waals surface area contributed by atoms with Gasteiger partial charge >= 0.3 is 0 Å². The first-order chi connectivity index (χ1) is 15.0. The number of aliphatic hydroxyl groups is 1. The number of Topliss-reactive ketones (excluding diaryl/α,β-unsaturated/α-hetero) is 1. The number of benzene rings is 2. The molecule has 168 valence electrons. The number of carbonyl (C=O) groups excluding carboxylic acids is 1. The van der Waals surface area contributed by atoms with Crippen LogP contribution in [0.2, 0.25) is 0 Å². The van der Waals surface area contributed by atoms with Gasteiger partial charge in [-0.1, -0.05) is 58.0 Å². The molecule has 4 nitrogen and oxygen atoms in total. The van der Waals surface area contributed by atoms with E-state index in [2.05, 4.69) is 51.9 Å². The van der Waals surface area contributed by atoms with Gasteiger partial charge in [-0.3, -0.25) is 4.79 Å². The van der Waals surface area contributed by atoms with Crippen molar-refractivity contribution in [3.8, 4) is 0 Å². The van der Waals surface area contributed by atoms with Gasteiger partial charge < -0.3 is 10.9 Å². The average Bonchev–Trinajstić information content (AvgIpc) is 2.74. The fourth-order valence-electron chi connectivity index (χ4n) is 5.23. The van der Waals surface area contributed by atoms with E-state index in [-0.39, 0.29) is 22.4 Å². The fourth-order valence-corrected chi connectivity index (χ4v) is 5.23. The second-order valence-corrected chi connectivity index (χ2v) is 10.6. The van der Waals surface area contributed by atoms with Gasteiger partial charge in [0.2, 0.25) is 0 Å². The van der Waals surface area contributed by atoms with Crippen LogP contribution in [0, 0.1) is 6.92 Å². The van der Waals surface area contributed by atoms with E-state index in [4.69, 9.17) is 5.84 Å². The third-order valence-electron chi connectivity index (χ3n) is 7.41. The lowest BCUT2D eigenvalue weighted by molar-refractivity contribution is -0.114. The number of aliphatic hydroxyl groups excluding tert-OH is 1. The molecular weight excluding hydrogens is 396 g/mol. The lowest BCUT2D eigenvalue weighted by Crippen LogP contribution is -2.34. The van der Waals surface area contributed by atoms with Gasteiger partial charge in [0, 0.05) is 24.0 Å². The summed E-state index contributed by atoms with van der Waals surface area (Å²) in [5.41, 5.74) is 8.07. The summed E-state index contributed by atoms with van der Waals surface area (Å²) in [6, 6.07) is 12.2. The van der Waals surface area contributed by atoms with E-state index in [1.165, 1.54) is 17.5 Å². The van der Waals surface area contributed by atoms with Crippen molar-refractivity contribution in [3.05, 3.63) is 75.5 Å². The molecule has 32 heavy (non-hydrogen) atoms. The lowest BCUT2D eigenvalue weighted by atomic mass is 9.62. The Labute approximate surface area is 191 Å². The van der Waals surface area contributed by atoms with Crippen LogP contribution in [0.3, 0.4) is 0 Å². The minimum atomic E-state index is 0.00425. The average molecular weight is 431 g/mol. The third kappa shape index (κ3) is 3.76. The zero-order chi connectivity index (χ0) is 23.3. The molecule has 0 unspecified atom stereocenters. The van der Waals surface area contributed by atoms with E-state index in [0.717, 1.165) is 34.4 Å². The second-order valence-electron chi connectivity index (χ2n) is 10.6. The Balaban J connectivity index is 1.77. The number of aryl methyl sites for hydroxylation is 1. The number of hydrazone groups is 1. The smallest absolute Gasteiger partial charge is 0.166 e. The topological polar surface area (TPSA) is 75.7 Å². The van der Waals surface area contributed by atoms with Crippen LogP contribution in [-0.4, -0.2) is 16.6 Å². The molecule has 0 fully saturated rings.